The summed E-state index contributed by atoms with van der Waals surface area (Å²) in [5.41, 5.74) is 3.38. The van der Waals surface area contributed by atoms with E-state index in [9.17, 15) is 0 Å². The van der Waals surface area contributed by atoms with Crippen molar-refractivity contribution in [2.45, 2.75) is 31.1 Å². The quantitative estimate of drug-likeness (QED) is 0.731. The van der Waals surface area contributed by atoms with Crippen LogP contribution in [0.5, 0.6) is 5.75 Å². The van der Waals surface area contributed by atoms with Crippen LogP contribution in [0.3, 0.4) is 0 Å². The van der Waals surface area contributed by atoms with Crippen molar-refractivity contribution in [2.24, 2.45) is 0 Å². The van der Waals surface area contributed by atoms with Gasteiger partial charge in [-0.1, -0.05) is 44.0 Å². The second-order valence-electron chi connectivity index (χ2n) is 4.87. The molecule has 1 aromatic heterocycles. The van der Waals surface area contributed by atoms with E-state index >= 15 is 0 Å². The number of alkyl halides is 1. The molecule has 0 N–H and O–H groups in total. The van der Waals surface area contributed by atoms with Crippen LogP contribution < -0.4 is 4.74 Å². The monoisotopic (exact) mass is 399 g/mol. The Balaban J connectivity index is 1.86. The van der Waals surface area contributed by atoms with Gasteiger partial charge in [0, 0.05) is 22.7 Å². The van der Waals surface area contributed by atoms with Gasteiger partial charge in [0.05, 0.1) is 23.7 Å². The molecular formula is C14H15Br2N3O. The number of hydrogen-bond donors (Lipinski definition) is 0. The van der Waals surface area contributed by atoms with E-state index in [1.807, 2.05) is 10.9 Å². The zero-order chi connectivity index (χ0) is 14.1. The predicted octanol–water partition coefficient (Wildman–Crippen LogP) is 3.87. The Bertz CT molecular complexity index is 627. The summed E-state index contributed by atoms with van der Waals surface area (Å²) in [6.07, 6.45) is 3.96. The maximum Gasteiger partial charge on any atom is 0.127 e. The Morgan fingerprint density at radius 2 is 2.30 bits per heavy atom. The molecule has 2 heterocycles. The Kier molecular flexibility index (Phi) is 4.12. The van der Waals surface area contributed by atoms with Crippen molar-refractivity contribution in [1.29, 1.82) is 0 Å². The van der Waals surface area contributed by atoms with Gasteiger partial charge in [0.15, 0.2) is 0 Å². The smallest absolute Gasteiger partial charge is 0.127 e. The number of ether oxygens (including phenoxy) is 1. The first-order valence-corrected chi connectivity index (χ1v) is 8.36. The fraction of sp³-hybridized carbons (Fsp3) is 0.429. The van der Waals surface area contributed by atoms with Crippen LogP contribution >= 0.6 is 31.9 Å². The first-order valence-electron chi connectivity index (χ1n) is 6.65. The Morgan fingerprint density at radius 1 is 1.45 bits per heavy atom. The molecule has 1 aliphatic heterocycles. The molecule has 0 saturated carbocycles. The lowest BCUT2D eigenvalue weighted by atomic mass is 10.1. The third kappa shape index (κ3) is 2.76. The highest BCUT2D eigenvalue weighted by atomic mass is 79.9. The second kappa shape index (κ2) is 5.85. The van der Waals surface area contributed by atoms with Gasteiger partial charge < -0.3 is 4.74 Å². The van der Waals surface area contributed by atoms with Gasteiger partial charge in [0.1, 0.15) is 5.75 Å². The summed E-state index contributed by atoms with van der Waals surface area (Å²) in [4.78, 5) is 0.265. The van der Waals surface area contributed by atoms with Crippen molar-refractivity contribution in [3.63, 3.8) is 0 Å². The van der Waals surface area contributed by atoms with Crippen LogP contribution in [-0.2, 0) is 13.0 Å². The Labute approximate surface area is 134 Å². The average molecular weight is 401 g/mol. The fourth-order valence-electron chi connectivity index (χ4n) is 2.38. The standard InChI is InChI=1S/C14H15Br2N3O/c1-2-12(16)13-8-19(18-17-13)7-10-6-11(15)5-9-3-4-20-14(9)10/h5-6,8,12H,2-4,7H2,1H3. The summed E-state index contributed by atoms with van der Waals surface area (Å²) in [7, 11) is 0. The summed E-state index contributed by atoms with van der Waals surface area (Å²) in [5, 5.41) is 8.41. The number of halogens is 2. The van der Waals surface area contributed by atoms with E-state index in [-0.39, 0.29) is 4.83 Å². The van der Waals surface area contributed by atoms with E-state index in [2.05, 4.69) is 61.2 Å². The zero-order valence-electron chi connectivity index (χ0n) is 11.1. The summed E-state index contributed by atoms with van der Waals surface area (Å²) in [5.74, 6) is 1.01. The lowest BCUT2D eigenvalue weighted by Crippen LogP contribution is -2.02. The van der Waals surface area contributed by atoms with Crippen molar-refractivity contribution in [3.05, 3.63) is 39.6 Å². The molecule has 3 rings (SSSR count). The molecule has 1 atom stereocenters. The van der Waals surface area contributed by atoms with Gasteiger partial charge in [-0.25, -0.2) is 4.68 Å². The normalized spacial score (nSPS) is 14.9. The molecule has 0 saturated heterocycles. The van der Waals surface area contributed by atoms with Gasteiger partial charge in [-0.15, -0.1) is 5.10 Å². The molecule has 20 heavy (non-hydrogen) atoms. The van der Waals surface area contributed by atoms with Crippen molar-refractivity contribution in [3.8, 4) is 5.75 Å². The Morgan fingerprint density at radius 3 is 3.10 bits per heavy atom. The van der Waals surface area contributed by atoms with E-state index in [1.165, 1.54) is 5.56 Å². The number of aromatic nitrogens is 3. The molecule has 0 amide bonds. The third-order valence-corrected chi connectivity index (χ3v) is 4.97. The van der Waals surface area contributed by atoms with Gasteiger partial charge in [0.2, 0.25) is 0 Å². The van der Waals surface area contributed by atoms with E-state index in [4.69, 9.17) is 4.74 Å². The van der Waals surface area contributed by atoms with Crippen molar-refractivity contribution >= 4 is 31.9 Å². The molecule has 2 aromatic rings. The Hall–Kier alpha value is -0.880. The lowest BCUT2D eigenvalue weighted by molar-refractivity contribution is 0.352. The number of rotatable bonds is 4. The van der Waals surface area contributed by atoms with Crippen LogP contribution in [-0.4, -0.2) is 21.6 Å². The topological polar surface area (TPSA) is 39.9 Å². The summed E-state index contributed by atoms with van der Waals surface area (Å²) in [6, 6.07) is 4.22. The molecule has 6 heteroatoms. The third-order valence-electron chi connectivity index (χ3n) is 3.39. The minimum absolute atomic E-state index is 0.265. The van der Waals surface area contributed by atoms with Gasteiger partial charge >= 0.3 is 0 Å². The van der Waals surface area contributed by atoms with Crippen LogP contribution in [0.25, 0.3) is 0 Å². The van der Waals surface area contributed by atoms with Gasteiger partial charge in [-0.2, -0.15) is 0 Å². The molecule has 106 valence electrons. The molecule has 1 aromatic carbocycles. The fourth-order valence-corrected chi connectivity index (χ4v) is 3.14. The number of nitrogens with zero attached hydrogens (tertiary/aromatic N) is 3. The highest BCUT2D eigenvalue weighted by Gasteiger charge is 2.18. The molecule has 0 radical (unpaired) electrons. The maximum atomic E-state index is 5.74. The summed E-state index contributed by atoms with van der Waals surface area (Å²) in [6.45, 7) is 3.56. The highest BCUT2D eigenvalue weighted by Crippen LogP contribution is 2.33. The molecule has 0 fully saturated rings. The average Bonchev–Trinajstić information content (AvgIpc) is 3.06. The van der Waals surface area contributed by atoms with Crippen LogP contribution in [0, 0.1) is 0 Å². The molecule has 0 spiro atoms. The molecule has 4 nitrogen and oxygen atoms in total. The number of benzene rings is 1. The minimum Gasteiger partial charge on any atom is -0.493 e. The van der Waals surface area contributed by atoms with Gasteiger partial charge in [-0.05, 0) is 24.1 Å². The molecule has 1 aliphatic rings. The van der Waals surface area contributed by atoms with E-state index in [0.29, 0.717) is 6.54 Å². The first kappa shape index (κ1) is 14.1. The molecule has 0 bridgehead atoms. The van der Waals surface area contributed by atoms with Crippen LogP contribution in [0.4, 0.5) is 0 Å². The van der Waals surface area contributed by atoms with E-state index in [1.54, 1.807) is 0 Å². The maximum absolute atomic E-state index is 5.74. The summed E-state index contributed by atoms with van der Waals surface area (Å²) < 4.78 is 8.69. The largest absolute Gasteiger partial charge is 0.493 e. The van der Waals surface area contributed by atoms with Crippen molar-refractivity contribution in [1.82, 2.24) is 15.0 Å². The van der Waals surface area contributed by atoms with Crippen LogP contribution in [0.2, 0.25) is 0 Å². The second-order valence-corrected chi connectivity index (χ2v) is 6.89. The van der Waals surface area contributed by atoms with E-state index in [0.717, 1.165) is 40.9 Å². The van der Waals surface area contributed by atoms with Gasteiger partial charge in [0.25, 0.3) is 0 Å². The molecular weight excluding hydrogens is 386 g/mol. The SMILES string of the molecule is CCC(Br)c1cn(Cc2cc(Br)cc3c2OCC3)nn1. The summed E-state index contributed by atoms with van der Waals surface area (Å²) >= 11 is 7.16. The van der Waals surface area contributed by atoms with Crippen molar-refractivity contribution in [2.75, 3.05) is 6.61 Å². The molecule has 1 unspecified atom stereocenters. The predicted molar refractivity (Wildman–Crippen MR) is 84.4 cm³/mol. The minimum atomic E-state index is 0.265. The highest BCUT2D eigenvalue weighted by molar-refractivity contribution is 9.10. The number of fused-ring (bicyclic) bond motifs is 1. The van der Waals surface area contributed by atoms with Crippen molar-refractivity contribution < 1.29 is 4.74 Å². The van der Waals surface area contributed by atoms with Crippen LogP contribution in [0.1, 0.15) is 35.0 Å². The van der Waals surface area contributed by atoms with Gasteiger partial charge in [-0.3, -0.25) is 0 Å². The van der Waals surface area contributed by atoms with E-state index < -0.39 is 0 Å². The molecule has 0 aliphatic carbocycles. The lowest BCUT2D eigenvalue weighted by Gasteiger charge is -2.08. The number of hydrogen-bond acceptors (Lipinski definition) is 3. The first-order chi connectivity index (χ1) is 9.67. The van der Waals surface area contributed by atoms with Crippen LogP contribution in [0.15, 0.2) is 22.8 Å². The zero-order valence-corrected chi connectivity index (χ0v) is 14.3.